The minimum atomic E-state index is -3.27. The van der Waals surface area contributed by atoms with Gasteiger partial charge < -0.3 is 14.1 Å². The minimum absolute atomic E-state index is 0.0235. The SMILES string of the molecule is Cn1cnnc1-c1c(-c2ccccc2)ccc(F)c1-c1nc2cc(CO)cc(C(C)(F)F)c2o1. The summed E-state index contributed by atoms with van der Waals surface area (Å²) in [6.07, 6.45) is 1.48. The molecule has 172 valence electrons. The van der Waals surface area contributed by atoms with Gasteiger partial charge in [-0.05, 0) is 34.9 Å². The second-order valence-electron chi connectivity index (χ2n) is 8.03. The van der Waals surface area contributed by atoms with Crippen molar-refractivity contribution in [2.24, 2.45) is 7.05 Å². The van der Waals surface area contributed by atoms with E-state index in [0.29, 0.717) is 17.0 Å². The van der Waals surface area contributed by atoms with Gasteiger partial charge in [0, 0.05) is 19.5 Å². The van der Waals surface area contributed by atoms with E-state index in [1.54, 1.807) is 17.7 Å². The Morgan fingerprint density at radius 3 is 2.47 bits per heavy atom. The van der Waals surface area contributed by atoms with Crippen molar-refractivity contribution in [2.45, 2.75) is 19.5 Å². The highest BCUT2D eigenvalue weighted by Gasteiger charge is 2.32. The molecule has 5 aromatic rings. The van der Waals surface area contributed by atoms with Crippen molar-refractivity contribution in [1.82, 2.24) is 19.7 Å². The summed E-state index contributed by atoms with van der Waals surface area (Å²) < 4.78 is 51.6. The van der Waals surface area contributed by atoms with E-state index < -0.39 is 23.9 Å². The van der Waals surface area contributed by atoms with Crippen molar-refractivity contribution < 1.29 is 22.7 Å². The molecular weight excluding hydrogens is 445 g/mol. The number of rotatable bonds is 5. The molecule has 34 heavy (non-hydrogen) atoms. The number of halogens is 3. The number of benzene rings is 3. The quantitative estimate of drug-likeness (QED) is 0.361. The average Bonchev–Trinajstić information content (AvgIpc) is 3.43. The summed E-state index contributed by atoms with van der Waals surface area (Å²) in [4.78, 5) is 4.35. The molecule has 0 bridgehead atoms. The normalized spacial score (nSPS) is 11.9. The van der Waals surface area contributed by atoms with Crippen LogP contribution in [0, 0.1) is 5.82 Å². The highest BCUT2D eigenvalue weighted by molar-refractivity contribution is 5.92. The van der Waals surface area contributed by atoms with Gasteiger partial charge in [0.15, 0.2) is 11.4 Å². The molecule has 0 saturated carbocycles. The minimum Gasteiger partial charge on any atom is -0.435 e. The van der Waals surface area contributed by atoms with E-state index in [1.165, 1.54) is 18.5 Å². The van der Waals surface area contributed by atoms with E-state index in [4.69, 9.17) is 4.42 Å². The molecular formula is C25H19F3N4O2. The number of oxazole rings is 1. The zero-order valence-electron chi connectivity index (χ0n) is 18.3. The fraction of sp³-hybridized carbons (Fsp3) is 0.160. The first-order valence-corrected chi connectivity index (χ1v) is 10.4. The number of aliphatic hydroxyl groups excluding tert-OH is 1. The summed E-state index contributed by atoms with van der Waals surface area (Å²) in [6, 6.07) is 14.8. The van der Waals surface area contributed by atoms with Crippen molar-refractivity contribution in [3.05, 3.63) is 77.9 Å². The zero-order valence-corrected chi connectivity index (χ0v) is 18.3. The van der Waals surface area contributed by atoms with Gasteiger partial charge in [0.2, 0.25) is 5.89 Å². The molecule has 0 saturated heterocycles. The Hall–Kier alpha value is -3.98. The first kappa shape index (κ1) is 21.8. The molecule has 0 fully saturated rings. The maximum Gasteiger partial charge on any atom is 0.274 e. The van der Waals surface area contributed by atoms with Crippen LogP contribution < -0.4 is 0 Å². The van der Waals surface area contributed by atoms with E-state index >= 15 is 4.39 Å². The van der Waals surface area contributed by atoms with Crippen molar-refractivity contribution in [3.63, 3.8) is 0 Å². The Morgan fingerprint density at radius 2 is 1.82 bits per heavy atom. The maximum absolute atomic E-state index is 15.4. The Labute approximate surface area is 192 Å². The van der Waals surface area contributed by atoms with E-state index in [-0.39, 0.29) is 28.1 Å². The predicted octanol–water partition coefficient (Wildman–Crippen LogP) is 5.70. The third-order valence-electron chi connectivity index (χ3n) is 5.59. The molecule has 0 aliphatic carbocycles. The summed E-state index contributed by atoms with van der Waals surface area (Å²) in [5, 5.41) is 17.6. The Balaban J connectivity index is 1.85. The lowest BCUT2D eigenvalue weighted by Crippen LogP contribution is -2.08. The lowest BCUT2D eigenvalue weighted by atomic mass is 9.94. The van der Waals surface area contributed by atoms with Gasteiger partial charge in [0.1, 0.15) is 17.7 Å². The van der Waals surface area contributed by atoms with Gasteiger partial charge in [-0.25, -0.2) is 18.2 Å². The topological polar surface area (TPSA) is 77.0 Å². The Kier molecular flexibility index (Phi) is 5.21. The number of aliphatic hydroxyl groups is 1. The average molecular weight is 464 g/mol. The lowest BCUT2D eigenvalue weighted by Gasteiger charge is -2.14. The molecule has 9 heteroatoms. The molecule has 0 radical (unpaired) electrons. The summed E-state index contributed by atoms with van der Waals surface area (Å²) in [7, 11) is 1.72. The van der Waals surface area contributed by atoms with Crippen LogP contribution in [0.1, 0.15) is 18.1 Å². The number of alkyl halides is 2. The van der Waals surface area contributed by atoms with Gasteiger partial charge in [-0.3, -0.25) is 0 Å². The van der Waals surface area contributed by atoms with Crippen LogP contribution in [0.2, 0.25) is 0 Å². The largest absolute Gasteiger partial charge is 0.435 e. The smallest absolute Gasteiger partial charge is 0.274 e. The summed E-state index contributed by atoms with van der Waals surface area (Å²) in [6.45, 7) is 0.274. The Bertz CT molecular complexity index is 1500. The predicted molar refractivity (Wildman–Crippen MR) is 120 cm³/mol. The van der Waals surface area contributed by atoms with Gasteiger partial charge in [-0.2, -0.15) is 0 Å². The fourth-order valence-electron chi connectivity index (χ4n) is 4.00. The van der Waals surface area contributed by atoms with Crippen molar-refractivity contribution >= 4 is 11.1 Å². The van der Waals surface area contributed by atoms with E-state index in [0.717, 1.165) is 18.6 Å². The molecule has 0 aliphatic heterocycles. The van der Waals surface area contributed by atoms with Crippen LogP contribution in [0.25, 0.3) is 45.1 Å². The highest BCUT2D eigenvalue weighted by atomic mass is 19.3. The summed E-state index contributed by atoms with van der Waals surface area (Å²) in [5.41, 5.74) is 1.51. The third-order valence-corrected chi connectivity index (χ3v) is 5.59. The molecule has 0 spiro atoms. The Morgan fingerprint density at radius 1 is 1.06 bits per heavy atom. The number of hydrogen-bond acceptors (Lipinski definition) is 5. The van der Waals surface area contributed by atoms with Crippen LogP contribution in [-0.2, 0) is 19.6 Å². The van der Waals surface area contributed by atoms with Crippen LogP contribution in [0.5, 0.6) is 0 Å². The molecule has 1 N–H and O–H groups in total. The zero-order chi connectivity index (χ0) is 24.0. The van der Waals surface area contributed by atoms with Gasteiger partial charge in [0.05, 0.1) is 17.7 Å². The van der Waals surface area contributed by atoms with Gasteiger partial charge in [-0.1, -0.05) is 36.4 Å². The fourth-order valence-corrected chi connectivity index (χ4v) is 4.00. The standard InChI is InChI=1S/C25H19F3N4O2/c1-25(27,28)17-10-14(12-33)11-19-22(17)34-24(30-19)21-18(26)9-8-16(15-6-4-3-5-7-15)20(21)23-31-29-13-32(23)2/h3-11,13,33H,12H2,1-2H3. The molecule has 0 aliphatic rings. The number of fused-ring (bicyclic) bond motifs is 1. The van der Waals surface area contributed by atoms with Crippen LogP contribution >= 0.6 is 0 Å². The number of aryl methyl sites for hydroxylation is 1. The second kappa shape index (κ2) is 8.11. The third kappa shape index (κ3) is 3.63. The molecule has 2 heterocycles. The van der Waals surface area contributed by atoms with E-state index in [2.05, 4.69) is 15.2 Å². The van der Waals surface area contributed by atoms with Crippen molar-refractivity contribution in [2.75, 3.05) is 0 Å². The van der Waals surface area contributed by atoms with Gasteiger partial charge in [-0.15, -0.1) is 10.2 Å². The van der Waals surface area contributed by atoms with Gasteiger partial charge >= 0.3 is 0 Å². The van der Waals surface area contributed by atoms with Crippen molar-refractivity contribution in [1.29, 1.82) is 0 Å². The van der Waals surface area contributed by atoms with Crippen molar-refractivity contribution in [3.8, 4) is 34.0 Å². The molecule has 0 atom stereocenters. The molecule has 0 amide bonds. The molecule has 0 unspecified atom stereocenters. The molecule has 3 aromatic carbocycles. The molecule has 5 rings (SSSR count). The van der Waals surface area contributed by atoms with E-state index in [9.17, 15) is 13.9 Å². The monoisotopic (exact) mass is 464 g/mol. The van der Waals surface area contributed by atoms with Crippen LogP contribution in [0.3, 0.4) is 0 Å². The van der Waals surface area contributed by atoms with Gasteiger partial charge in [0.25, 0.3) is 5.92 Å². The van der Waals surface area contributed by atoms with Crippen LogP contribution in [0.4, 0.5) is 13.2 Å². The number of nitrogens with zero attached hydrogens (tertiary/aromatic N) is 4. The van der Waals surface area contributed by atoms with Crippen LogP contribution in [-0.4, -0.2) is 24.9 Å². The first-order chi connectivity index (χ1) is 16.3. The number of aromatic nitrogens is 4. The highest BCUT2D eigenvalue weighted by Crippen LogP contribution is 2.43. The summed E-state index contributed by atoms with van der Waals surface area (Å²) in [5.74, 6) is -3.75. The lowest BCUT2D eigenvalue weighted by molar-refractivity contribution is 0.0180. The van der Waals surface area contributed by atoms with Crippen LogP contribution in [0.15, 0.2) is 65.3 Å². The maximum atomic E-state index is 15.4. The van der Waals surface area contributed by atoms with E-state index in [1.807, 2.05) is 30.3 Å². The molecule has 2 aromatic heterocycles. The first-order valence-electron chi connectivity index (χ1n) is 10.4. The number of hydrogen-bond donors (Lipinski definition) is 1. The molecule has 6 nitrogen and oxygen atoms in total. The summed E-state index contributed by atoms with van der Waals surface area (Å²) >= 11 is 0. The second-order valence-corrected chi connectivity index (χ2v) is 8.03.